The topological polar surface area (TPSA) is 80.3 Å². The van der Waals surface area contributed by atoms with Crippen LogP contribution in [-0.2, 0) is 9.59 Å². The Labute approximate surface area is 188 Å². The van der Waals surface area contributed by atoms with Crippen molar-refractivity contribution in [3.8, 4) is 0 Å². The molecular weight excluding hydrogens is 535 g/mol. The molecule has 0 atom stereocenters. The SMILES string of the molecule is C=CCCCCCCCCCCCCCCCC.CC(=O)[O-].CC(=O)[O-].[Pb+2]. The van der Waals surface area contributed by atoms with E-state index in [0.29, 0.717) is 0 Å². The molecule has 0 aliphatic carbocycles. The Morgan fingerprint density at radius 3 is 1.11 bits per heavy atom. The molecule has 5 heteroatoms. The van der Waals surface area contributed by atoms with Crippen LogP contribution in [0.2, 0.25) is 0 Å². The Morgan fingerprint density at radius 1 is 0.667 bits per heavy atom. The molecule has 0 aliphatic rings. The van der Waals surface area contributed by atoms with Gasteiger partial charge in [-0.3, -0.25) is 0 Å². The van der Waals surface area contributed by atoms with Crippen molar-refractivity contribution in [3.63, 3.8) is 0 Å². The molecule has 0 bridgehead atoms. The Balaban J connectivity index is -0.000000247. The van der Waals surface area contributed by atoms with Crippen molar-refractivity contribution in [2.24, 2.45) is 0 Å². The normalized spacial score (nSPS) is 9.00. The maximum absolute atomic E-state index is 8.89. The van der Waals surface area contributed by atoms with Crippen molar-refractivity contribution in [2.45, 2.75) is 117 Å². The van der Waals surface area contributed by atoms with Gasteiger partial charge in [0, 0.05) is 11.9 Å². The van der Waals surface area contributed by atoms with Crippen LogP contribution in [0.5, 0.6) is 0 Å². The van der Waals surface area contributed by atoms with Crippen LogP contribution in [0.25, 0.3) is 0 Å². The summed E-state index contributed by atoms with van der Waals surface area (Å²) in [6.07, 6.45) is 23.5. The monoisotopic (exact) mass is 578 g/mol. The van der Waals surface area contributed by atoms with E-state index in [2.05, 4.69) is 13.5 Å². The van der Waals surface area contributed by atoms with Gasteiger partial charge in [-0.1, -0.05) is 96.5 Å². The first kappa shape index (κ1) is 34.1. The van der Waals surface area contributed by atoms with Crippen LogP contribution < -0.4 is 10.2 Å². The minimum Gasteiger partial charge on any atom is -0.550 e. The van der Waals surface area contributed by atoms with Crippen LogP contribution in [0.3, 0.4) is 0 Å². The average Bonchev–Trinajstić information content (AvgIpc) is 2.54. The smallest absolute Gasteiger partial charge is 0.550 e. The van der Waals surface area contributed by atoms with E-state index in [1.54, 1.807) is 0 Å². The number of hydrogen-bond donors (Lipinski definition) is 0. The van der Waals surface area contributed by atoms with Gasteiger partial charge in [0.15, 0.2) is 0 Å². The molecule has 0 rings (SSSR count). The molecule has 0 aromatic rings. The molecule has 0 amide bonds. The molecule has 0 aromatic heterocycles. The van der Waals surface area contributed by atoms with Crippen molar-refractivity contribution >= 4 is 39.2 Å². The fourth-order valence-electron chi connectivity index (χ4n) is 2.48. The summed E-state index contributed by atoms with van der Waals surface area (Å²) in [5.41, 5.74) is 0. The molecule has 0 saturated heterocycles. The van der Waals surface area contributed by atoms with Crippen LogP contribution in [0.4, 0.5) is 0 Å². The quantitative estimate of drug-likeness (QED) is 0.166. The minimum atomic E-state index is -1.08. The van der Waals surface area contributed by atoms with Gasteiger partial charge in [0.2, 0.25) is 0 Å². The second-order valence-electron chi connectivity index (χ2n) is 6.66. The largest absolute Gasteiger partial charge is 2.00 e. The summed E-state index contributed by atoms with van der Waals surface area (Å²) >= 11 is 0. The number of unbranched alkanes of at least 4 members (excludes halogenated alkanes) is 14. The van der Waals surface area contributed by atoms with Crippen LogP contribution >= 0.6 is 0 Å². The zero-order valence-corrected chi connectivity index (χ0v) is 21.9. The van der Waals surface area contributed by atoms with E-state index >= 15 is 0 Å². The number of carbonyl (C=O) groups excluding carboxylic acids is 2. The predicted molar refractivity (Wildman–Crippen MR) is 112 cm³/mol. The van der Waals surface area contributed by atoms with Crippen molar-refractivity contribution in [1.82, 2.24) is 0 Å². The third kappa shape index (κ3) is 66.9. The first-order valence-electron chi connectivity index (χ1n) is 10.3. The maximum Gasteiger partial charge on any atom is 2.00 e. The van der Waals surface area contributed by atoms with Gasteiger partial charge in [0.25, 0.3) is 0 Å². The third-order valence-electron chi connectivity index (χ3n) is 3.76. The molecule has 0 heterocycles. The summed E-state index contributed by atoms with van der Waals surface area (Å²) < 4.78 is 0. The third-order valence-corrected chi connectivity index (χ3v) is 3.76. The van der Waals surface area contributed by atoms with Crippen molar-refractivity contribution in [1.29, 1.82) is 0 Å². The summed E-state index contributed by atoms with van der Waals surface area (Å²) in [6.45, 7) is 7.99. The van der Waals surface area contributed by atoms with Crippen LogP contribution in [0, 0.1) is 0 Å². The summed E-state index contributed by atoms with van der Waals surface area (Å²) in [4.78, 5) is 17.8. The van der Waals surface area contributed by atoms with E-state index in [0.717, 1.165) is 13.8 Å². The van der Waals surface area contributed by atoms with E-state index in [4.69, 9.17) is 19.8 Å². The fraction of sp³-hybridized carbons (Fsp3) is 0.818. The van der Waals surface area contributed by atoms with Crippen LogP contribution in [0.15, 0.2) is 12.7 Å². The molecule has 0 N–H and O–H groups in total. The fourth-order valence-corrected chi connectivity index (χ4v) is 2.48. The Kier molecular flexibility index (Phi) is 42.0. The molecule has 0 fully saturated rings. The molecule has 158 valence electrons. The number of carboxylic acids is 2. The molecule has 4 nitrogen and oxygen atoms in total. The van der Waals surface area contributed by atoms with Gasteiger partial charge in [0.1, 0.15) is 0 Å². The number of carboxylic acid groups (broad SMARTS) is 2. The average molecular weight is 578 g/mol. The minimum absolute atomic E-state index is 0. The molecular formula is C22H42O4Pb. The van der Waals surface area contributed by atoms with Gasteiger partial charge >= 0.3 is 27.3 Å². The van der Waals surface area contributed by atoms with Gasteiger partial charge in [-0.05, 0) is 26.7 Å². The standard InChI is InChI=1S/C18H36.2C2H4O2.Pb/c1-3-5-7-9-11-13-15-17-18-16-14-12-10-8-6-4-2;2*1-2(3)4;/h3H,1,4-18H2,2H3;2*1H3,(H,3,4);/q;;;+2/p-2. The van der Waals surface area contributed by atoms with Gasteiger partial charge in [0.05, 0.1) is 0 Å². The van der Waals surface area contributed by atoms with Crippen LogP contribution in [0.1, 0.15) is 117 Å². The maximum atomic E-state index is 8.89. The zero-order valence-electron chi connectivity index (χ0n) is 18.0. The molecule has 2 radical (unpaired) electrons. The molecule has 0 spiro atoms. The first-order valence-corrected chi connectivity index (χ1v) is 10.3. The summed E-state index contributed by atoms with van der Waals surface area (Å²) in [5, 5.41) is 17.8. The van der Waals surface area contributed by atoms with E-state index in [9.17, 15) is 0 Å². The molecule has 27 heavy (non-hydrogen) atoms. The summed E-state index contributed by atoms with van der Waals surface area (Å²) in [5.74, 6) is -2.17. The number of allylic oxidation sites excluding steroid dienone is 1. The van der Waals surface area contributed by atoms with E-state index in [1.807, 2.05) is 6.08 Å². The predicted octanol–water partition coefficient (Wildman–Crippen LogP) is 4.18. The number of hydrogen-bond acceptors (Lipinski definition) is 4. The molecule has 0 unspecified atom stereocenters. The van der Waals surface area contributed by atoms with Crippen molar-refractivity contribution < 1.29 is 19.8 Å². The number of rotatable bonds is 15. The molecule has 0 aromatic carbocycles. The molecule has 0 aliphatic heterocycles. The summed E-state index contributed by atoms with van der Waals surface area (Å²) in [6, 6.07) is 0. The zero-order chi connectivity index (χ0) is 20.5. The van der Waals surface area contributed by atoms with E-state index in [1.165, 1.54) is 96.3 Å². The van der Waals surface area contributed by atoms with Gasteiger partial charge < -0.3 is 19.8 Å². The van der Waals surface area contributed by atoms with Crippen LogP contribution in [-0.4, -0.2) is 39.2 Å². The van der Waals surface area contributed by atoms with Crippen molar-refractivity contribution in [2.75, 3.05) is 0 Å². The second kappa shape index (κ2) is 33.2. The van der Waals surface area contributed by atoms with Gasteiger partial charge in [-0.15, -0.1) is 6.58 Å². The summed E-state index contributed by atoms with van der Waals surface area (Å²) in [7, 11) is 0. The number of aliphatic carboxylic acids is 2. The second-order valence-corrected chi connectivity index (χ2v) is 6.66. The molecule has 0 saturated carbocycles. The van der Waals surface area contributed by atoms with Gasteiger partial charge in [-0.25, -0.2) is 0 Å². The van der Waals surface area contributed by atoms with Crippen molar-refractivity contribution in [3.05, 3.63) is 12.7 Å². The first-order chi connectivity index (χ1) is 12.4. The van der Waals surface area contributed by atoms with E-state index < -0.39 is 11.9 Å². The Bertz CT molecular complexity index is 287. The Morgan fingerprint density at radius 2 is 0.889 bits per heavy atom. The van der Waals surface area contributed by atoms with E-state index in [-0.39, 0.29) is 27.3 Å². The Hall–Kier alpha value is -0.398. The number of carbonyl (C=O) groups is 2. The van der Waals surface area contributed by atoms with Gasteiger partial charge in [-0.2, -0.15) is 0 Å².